The molecule has 1 aliphatic heterocycles. The fourth-order valence-electron chi connectivity index (χ4n) is 2.51. The van der Waals surface area contributed by atoms with E-state index in [1.165, 1.54) is 38.8 Å². The summed E-state index contributed by atoms with van der Waals surface area (Å²) in [5.74, 6) is 1.83. The molecule has 0 aromatic heterocycles. The zero-order valence-corrected chi connectivity index (χ0v) is 13.0. The second-order valence-electron chi connectivity index (χ2n) is 5.59. The smallest absolute Gasteiger partial charge is 0.191 e. The largest absolute Gasteiger partial charge is 0.357 e. The van der Waals surface area contributed by atoms with Crippen molar-refractivity contribution in [3.05, 3.63) is 0 Å². The Morgan fingerprint density at radius 2 is 2.16 bits per heavy atom. The predicted octanol–water partition coefficient (Wildman–Crippen LogP) is 2.07. The van der Waals surface area contributed by atoms with E-state index < -0.39 is 0 Å². The lowest BCUT2D eigenvalue weighted by Crippen LogP contribution is -2.43. The lowest BCUT2D eigenvalue weighted by Gasteiger charge is -2.30. The molecule has 2 N–H and O–H groups in total. The van der Waals surface area contributed by atoms with E-state index in [1.807, 2.05) is 0 Å². The highest BCUT2D eigenvalue weighted by molar-refractivity contribution is 5.79. The number of nitrogens with one attached hydrogen (secondary N) is 2. The maximum absolute atomic E-state index is 4.58. The molecule has 0 amide bonds. The van der Waals surface area contributed by atoms with Gasteiger partial charge in [-0.3, -0.25) is 4.99 Å². The van der Waals surface area contributed by atoms with Gasteiger partial charge in [-0.2, -0.15) is 0 Å². The van der Waals surface area contributed by atoms with Crippen LogP contribution in [0.2, 0.25) is 0 Å². The van der Waals surface area contributed by atoms with Crippen molar-refractivity contribution in [2.24, 2.45) is 10.9 Å². The van der Waals surface area contributed by atoms with Crippen LogP contribution >= 0.6 is 0 Å². The quantitative estimate of drug-likeness (QED) is 0.422. The lowest BCUT2D eigenvalue weighted by molar-refractivity contribution is 0.187. The van der Waals surface area contributed by atoms with Crippen LogP contribution in [-0.4, -0.2) is 50.1 Å². The molecule has 0 saturated carbocycles. The summed E-state index contributed by atoms with van der Waals surface area (Å²) >= 11 is 0. The molecule has 0 aromatic rings. The van der Waals surface area contributed by atoms with Crippen molar-refractivity contribution in [1.29, 1.82) is 0 Å². The van der Waals surface area contributed by atoms with Crippen molar-refractivity contribution in [2.75, 3.05) is 39.3 Å². The molecule has 0 aromatic carbocycles. The minimum absolute atomic E-state index is 0.861. The fourth-order valence-corrected chi connectivity index (χ4v) is 2.51. The number of guanidine groups is 1. The van der Waals surface area contributed by atoms with Crippen molar-refractivity contribution in [3.8, 4) is 0 Å². The standard InChI is InChI=1S/C15H32N4/c1-4-6-9-17-15(16-5-2)18-10-12-19-11-7-8-14(3)13-19/h14H,4-13H2,1-3H3,(H2,16,17,18). The summed E-state index contributed by atoms with van der Waals surface area (Å²) in [7, 11) is 0. The maximum Gasteiger partial charge on any atom is 0.191 e. The molecule has 0 radical (unpaired) electrons. The van der Waals surface area contributed by atoms with Crippen LogP contribution < -0.4 is 10.6 Å². The molecule has 1 heterocycles. The van der Waals surface area contributed by atoms with Crippen molar-refractivity contribution in [1.82, 2.24) is 15.5 Å². The molecule has 0 spiro atoms. The molecular weight excluding hydrogens is 236 g/mol. The Bertz CT molecular complexity index is 253. The van der Waals surface area contributed by atoms with Crippen LogP contribution in [-0.2, 0) is 0 Å². The van der Waals surface area contributed by atoms with Gasteiger partial charge in [-0.05, 0) is 38.6 Å². The van der Waals surface area contributed by atoms with Gasteiger partial charge in [-0.15, -0.1) is 0 Å². The molecule has 4 heteroatoms. The molecule has 1 atom stereocenters. The van der Waals surface area contributed by atoms with Crippen LogP contribution in [0.1, 0.15) is 46.5 Å². The van der Waals surface area contributed by atoms with Crippen LogP contribution in [0.5, 0.6) is 0 Å². The van der Waals surface area contributed by atoms with Crippen LogP contribution in [0.4, 0.5) is 0 Å². The first-order valence-corrected chi connectivity index (χ1v) is 8.00. The second-order valence-corrected chi connectivity index (χ2v) is 5.59. The number of piperidine rings is 1. The zero-order chi connectivity index (χ0) is 13.9. The highest BCUT2D eigenvalue weighted by atomic mass is 15.2. The fraction of sp³-hybridized carbons (Fsp3) is 0.933. The first-order valence-electron chi connectivity index (χ1n) is 8.00. The number of aliphatic imine (C=N–C) groups is 1. The van der Waals surface area contributed by atoms with E-state index in [9.17, 15) is 0 Å². The zero-order valence-electron chi connectivity index (χ0n) is 13.0. The van der Waals surface area contributed by atoms with Crippen molar-refractivity contribution in [3.63, 3.8) is 0 Å². The molecule has 1 unspecified atom stereocenters. The average molecular weight is 268 g/mol. The van der Waals surface area contributed by atoms with E-state index in [-0.39, 0.29) is 0 Å². The number of rotatable bonds is 7. The topological polar surface area (TPSA) is 39.7 Å². The monoisotopic (exact) mass is 268 g/mol. The van der Waals surface area contributed by atoms with Gasteiger partial charge in [0.2, 0.25) is 0 Å². The van der Waals surface area contributed by atoms with Crippen molar-refractivity contribution in [2.45, 2.75) is 46.5 Å². The van der Waals surface area contributed by atoms with Gasteiger partial charge in [0, 0.05) is 32.7 Å². The molecule has 1 aliphatic rings. The molecule has 1 fully saturated rings. The number of hydrogen-bond acceptors (Lipinski definition) is 2. The van der Waals surface area contributed by atoms with E-state index in [1.54, 1.807) is 0 Å². The van der Waals surface area contributed by atoms with Gasteiger partial charge in [0.15, 0.2) is 5.96 Å². The normalized spacial score (nSPS) is 21.4. The number of nitrogens with zero attached hydrogens (tertiary/aromatic N) is 2. The first kappa shape index (κ1) is 16.3. The van der Waals surface area contributed by atoms with Gasteiger partial charge < -0.3 is 15.5 Å². The summed E-state index contributed by atoms with van der Waals surface area (Å²) in [6.45, 7) is 13.2. The molecule has 19 heavy (non-hydrogen) atoms. The Morgan fingerprint density at radius 3 is 2.84 bits per heavy atom. The number of hydrogen-bond donors (Lipinski definition) is 2. The predicted molar refractivity (Wildman–Crippen MR) is 83.7 cm³/mol. The Hall–Kier alpha value is -0.770. The molecule has 4 nitrogen and oxygen atoms in total. The van der Waals surface area contributed by atoms with Crippen LogP contribution in [0.3, 0.4) is 0 Å². The Morgan fingerprint density at radius 1 is 1.32 bits per heavy atom. The van der Waals surface area contributed by atoms with Crippen LogP contribution in [0, 0.1) is 5.92 Å². The highest BCUT2D eigenvalue weighted by Gasteiger charge is 2.15. The number of likely N-dealkylation sites (tertiary alicyclic amines) is 1. The van der Waals surface area contributed by atoms with Crippen molar-refractivity contribution < 1.29 is 0 Å². The Kier molecular flexibility index (Phi) is 8.63. The highest BCUT2D eigenvalue weighted by Crippen LogP contribution is 2.14. The SMILES string of the molecule is CCCCN=C(NCC)NCCN1CCCC(C)C1. The van der Waals surface area contributed by atoms with Gasteiger partial charge >= 0.3 is 0 Å². The molecule has 1 saturated heterocycles. The van der Waals surface area contributed by atoms with Crippen LogP contribution in [0.25, 0.3) is 0 Å². The van der Waals surface area contributed by atoms with Crippen molar-refractivity contribution >= 4 is 5.96 Å². The second kappa shape index (κ2) is 10.1. The van der Waals surface area contributed by atoms with Gasteiger partial charge in [0.25, 0.3) is 0 Å². The summed E-state index contributed by atoms with van der Waals surface area (Å²) in [6.07, 6.45) is 5.12. The van der Waals surface area contributed by atoms with Gasteiger partial charge in [0.05, 0.1) is 0 Å². The first-order chi connectivity index (χ1) is 9.26. The number of unbranched alkanes of at least 4 members (excludes halogenated alkanes) is 1. The van der Waals surface area contributed by atoms with Gasteiger partial charge in [0.1, 0.15) is 0 Å². The minimum Gasteiger partial charge on any atom is -0.357 e. The van der Waals surface area contributed by atoms with E-state index in [2.05, 4.69) is 41.3 Å². The summed E-state index contributed by atoms with van der Waals surface area (Å²) in [5.41, 5.74) is 0. The van der Waals surface area contributed by atoms with E-state index >= 15 is 0 Å². The maximum atomic E-state index is 4.58. The summed E-state index contributed by atoms with van der Waals surface area (Å²) < 4.78 is 0. The third kappa shape index (κ3) is 7.41. The minimum atomic E-state index is 0.861. The molecule has 0 bridgehead atoms. The van der Waals surface area contributed by atoms with Crippen LogP contribution in [0.15, 0.2) is 4.99 Å². The molecule has 1 rings (SSSR count). The van der Waals surface area contributed by atoms with Gasteiger partial charge in [-0.25, -0.2) is 0 Å². The summed E-state index contributed by atoms with van der Waals surface area (Å²) in [4.78, 5) is 7.14. The van der Waals surface area contributed by atoms with E-state index in [0.717, 1.165) is 38.1 Å². The Labute approximate surface area is 119 Å². The molecular formula is C15H32N4. The van der Waals surface area contributed by atoms with Gasteiger partial charge in [-0.1, -0.05) is 20.3 Å². The lowest BCUT2D eigenvalue weighted by atomic mass is 10.0. The third-order valence-electron chi connectivity index (χ3n) is 3.59. The van der Waals surface area contributed by atoms with E-state index in [0.29, 0.717) is 0 Å². The Balaban J connectivity index is 2.21. The summed E-state index contributed by atoms with van der Waals surface area (Å²) in [6, 6.07) is 0. The third-order valence-corrected chi connectivity index (χ3v) is 3.59. The molecule has 112 valence electrons. The summed E-state index contributed by atoms with van der Waals surface area (Å²) in [5, 5.41) is 6.75. The van der Waals surface area contributed by atoms with E-state index in [4.69, 9.17) is 0 Å². The molecule has 0 aliphatic carbocycles. The average Bonchev–Trinajstić information content (AvgIpc) is 2.39.